The maximum atomic E-state index is 7.64. The lowest BCUT2D eigenvalue weighted by atomic mass is 9.43. The monoisotopic (exact) mass is 588 g/mol. The first-order valence-corrected chi connectivity index (χ1v) is 19.7. The molecule has 1 spiro atoms. The van der Waals surface area contributed by atoms with Crippen molar-refractivity contribution in [3.8, 4) is 0 Å². The first-order valence-electron chi connectivity index (χ1n) is 16.8. The van der Waals surface area contributed by atoms with Crippen LogP contribution in [0.25, 0.3) is 0 Å². The molecular formula is C34H60N2O4Si. The summed E-state index contributed by atoms with van der Waals surface area (Å²) in [6, 6.07) is -0.0166. The Hall–Kier alpha value is -0.473. The zero-order valence-corrected chi connectivity index (χ0v) is 29.0. The van der Waals surface area contributed by atoms with Gasteiger partial charge in [-0.15, -0.1) is 0 Å². The standard InChI is InChI=1S/C34H60N2O4Si/c1-20-29-27(38-34(20)15-14-31(5,6)40-34)17-24-22-13-12-21-16-26(36-37-9)25(35)19-32(21,7)23(22)18-28(33(24,29)8)39-41(10,11)30(2,3)4/h20-25,27-29H,12-19,35H2,1-11H3/b36-26+/t20-,21-,22+,23-,24+,25+,27-,28+,29-,32-,33+,34-/m0/s1. The molecule has 234 valence electrons. The van der Waals surface area contributed by atoms with Crippen molar-refractivity contribution < 1.29 is 18.7 Å². The van der Waals surface area contributed by atoms with E-state index in [9.17, 15) is 0 Å². The number of ether oxygens (including phenoxy) is 2. The molecule has 0 radical (unpaired) electrons. The van der Waals surface area contributed by atoms with Crippen molar-refractivity contribution in [2.45, 2.75) is 155 Å². The molecule has 2 aliphatic heterocycles. The molecule has 0 bridgehead atoms. The second-order valence-electron chi connectivity index (χ2n) is 17.8. The van der Waals surface area contributed by atoms with E-state index >= 15 is 0 Å². The van der Waals surface area contributed by atoms with Crippen LogP contribution in [0.3, 0.4) is 0 Å². The summed E-state index contributed by atoms with van der Waals surface area (Å²) in [5.74, 6) is 2.96. The summed E-state index contributed by atoms with van der Waals surface area (Å²) in [5, 5.41) is 4.55. The fourth-order valence-corrected chi connectivity index (χ4v) is 12.6. The van der Waals surface area contributed by atoms with Gasteiger partial charge >= 0.3 is 0 Å². The third-order valence-electron chi connectivity index (χ3n) is 14.3. The van der Waals surface area contributed by atoms with Gasteiger partial charge in [-0.2, -0.15) is 0 Å². The number of rotatable bonds is 3. The summed E-state index contributed by atoms with van der Waals surface area (Å²) >= 11 is 0. The van der Waals surface area contributed by atoms with Gasteiger partial charge < -0.3 is 24.5 Å². The molecule has 0 amide bonds. The normalized spacial score (nSPS) is 51.8. The van der Waals surface area contributed by atoms with Gasteiger partial charge in [0, 0.05) is 29.7 Å². The molecule has 0 aromatic heterocycles. The highest BCUT2D eigenvalue weighted by atomic mass is 28.4. The molecule has 6 fully saturated rings. The van der Waals surface area contributed by atoms with Gasteiger partial charge in [0.2, 0.25) is 0 Å². The van der Waals surface area contributed by atoms with Crippen LogP contribution < -0.4 is 5.73 Å². The Balaban J connectivity index is 1.38. The zero-order chi connectivity index (χ0) is 30.0. The van der Waals surface area contributed by atoms with Crippen LogP contribution in [0.15, 0.2) is 5.16 Å². The maximum Gasteiger partial charge on any atom is 0.192 e. The second kappa shape index (κ2) is 9.51. The smallest absolute Gasteiger partial charge is 0.192 e. The van der Waals surface area contributed by atoms with Crippen molar-refractivity contribution in [3.05, 3.63) is 0 Å². The largest absolute Gasteiger partial charge is 0.413 e. The molecule has 0 unspecified atom stereocenters. The minimum Gasteiger partial charge on any atom is -0.413 e. The number of nitrogens with zero attached hydrogens (tertiary/aromatic N) is 1. The Kier molecular flexibility index (Phi) is 7.09. The molecule has 0 aromatic rings. The van der Waals surface area contributed by atoms with Crippen molar-refractivity contribution in [2.75, 3.05) is 7.11 Å². The molecule has 41 heavy (non-hydrogen) atoms. The highest BCUT2D eigenvalue weighted by Gasteiger charge is 2.73. The van der Waals surface area contributed by atoms with E-state index in [1.54, 1.807) is 7.11 Å². The predicted octanol–water partition coefficient (Wildman–Crippen LogP) is 7.52. The molecule has 2 heterocycles. The van der Waals surface area contributed by atoms with Crippen molar-refractivity contribution >= 4 is 14.0 Å². The quantitative estimate of drug-likeness (QED) is 0.273. The summed E-state index contributed by atoms with van der Waals surface area (Å²) in [5.41, 5.74) is 8.06. The first kappa shape index (κ1) is 30.5. The minimum atomic E-state index is -2.02. The van der Waals surface area contributed by atoms with Crippen molar-refractivity contribution in [1.29, 1.82) is 0 Å². The number of nitrogens with two attached hydrogens (primary N) is 1. The fourth-order valence-electron chi connectivity index (χ4n) is 11.2. The average molecular weight is 589 g/mol. The Morgan fingerprint density at radius 2 is 1.73 bits per heavy atom. The van der Waals surface area contributed by atoms with Crippen LogP contribution in [0.2, 0.25) is 18.1 Å². The molecule has 0 aromatic carbocycles. The minimum absolute atomic E-state index is 0.0166. The molecule has 2 N–H and O–H groups in total. The Labute approximate surface area is 251 Å². The molecule has 12 atom stereocenters. The molecule has 6 aliphatic rings. The second-order valence-corrected chi connectivity index (χ2v) is 22.5. The SMILES string of the molecule is CO/N=C1\C[C@@H]2CC[C@H]3[C@H]4C[C@@H]5O[C@]6(CCC(C)(C)O6)[C@@H](C)[C@@H]5[C@@]4(C)[C@H](O[Si](C)(C)C(C)(C)C)C[C@@H]3[C@@]2(C)C[C@H]1N. The van der Waals surface area contributed by atoms with Crippen LogP contribution >= 0.6 is 0 Å². The van der Waals surface area contributed by atoms with Gasteiger partial charge in [-0.3, -0.25) is 0 Å². The van der Waals surface area contributed by atoms with Crippen LogP contribution in [0.1, 0.15) is 107 Å². The van der Waals surface area contributed by atoms with Crippen molar-refractivity contribution in [1.82, 2.24) is 0 Å². The Morgan fingerprint density at radius 3 is 2.34 bits per heavy atom. The van der Waals surface area contributed by atoms with Crippen LogP contribution in [0.4, 0.5) is 0 Å². The Bertz CT molecular complexity index is 1070. The summed E-state index contributed by atoms with van der Waals surface area (Å²) in [6.45, 7) is 24.2. The van der Waals surface area contributed by atoms with Gasteiger partial charge in [-0.25, -0.2) is 0 Å². The number of hydrogen-bond acceptors (Lipinski definition) is 6. The van der Waals surface area contributed by atoms with E-state index in [1.807, 2.05) is 0 Å². The summed E-state index contributed by atoms with van der Waals surface area (Å²) in [7, 11) is -0.370. The summed E-state index contributed by atoms with van der Waals surface area (Å²) < 4.78 is 21.6. The maximum absolute atomic E-state index is 7.64. The third-order valence-corrected chi connectivity index (χ3v) is 18.8. The molecule has 7 heteroatoms. The van der Waals surface area contributed by atoms with E-state index in [4.69, 9.17) is 24.5 Å². The van der Waals surface area contributed by atoms with E-state index in [1.165, 1.54) is 12.8 Å². The van der Waals surface area contributed by atoms with E-state index in [-0.39, 0.29) is 39.7 Å². The lowest BCUT2D eigenvalue weighted by Crippen LogP contribution is -2.63. The van der Waals surface area contributed by atoms with E-state index < -0.39 is 14.1 Å². The number of fused-ring (bicyclic) bond motifs is 7. The first-order chi connectivity index (χ1) is 18.9. The van der Waals surface area contributed by atoms with Crippen LogP contribution in [-0.2, 0) is 18.7 Å². The van der Waals surface area contributed by atoms with Crippen molar-refractivity contribution in [3.63, 3.8) is 0 Å². The topological polar surface area (TPSA) is 75.3 Å². The highest BCUT2D eigenvalue weighted by molar-refractivity contribution is 6.74. The van der Waals surface area contributed by atoms with Gasteiger partial charge in [-0.05, 0) is 106 Å². The summed E-state index contributed by atoms with van der Waals surface area (Å²) in [4.78, 5) is 5.22. The molecule has 4 aliphatic carbocycles. The van der Waals surface area contributed by atoms with Gasteiger partial charge in [0.25, 0.3) is 0 Å². The van der Waals surface area contributed by atoms with Crippen LogP contribution in [-0.4, -0.2) is 50.8 Å². The third kappa shape index (κ3) is 4.40. The molecule has 4 saturated carbocycles. The van der Waals surface area contributed by atoms with Crippen LogP contribution in [0, 0.1) is 46.3 Å². The number of hydrogen-bond donors (Lipinski definition) is 1. The van der Waals surface area contributed by atoms with Gasteiger partial charge in [0.05, 0.1) is 23.5 Å². The molecule has 6 rings (SSSR count). The zero-order valence-electron chi connectivity index (χ0n) is 28.0. The summed E-state index contributed by atoms with van der Waals surface area (Å²) in [6.07, 6.45) is 9.43. The lowest BCUT2D eigenvalue weighted by molar-refractivity contribution is -0.255. The van der Waals surface area contributed by atoms with Gasteiger partial charge in [-0.1, -0.05) is 46.7 Å². The molecular weight excluding hydrogens is 528 g/mol. The lowest BCUT2D eigenvalue weighted by Gasteiger charge is -2.64. The van der Waals surface area contributed by atoms with Gasteiger partial charge in [0.15, 0.2) is 14.1 Å². The highest BCUT2D eigenvalue weighted by Crippen LogP contribution is 2.72. The predicted molar refractivity (Wildman–Crippen MR) is 167 cm³/mol. The average Bonchev–Trinajstić information content (AvgIpc) is 3.42. The van der Waals surface area contributed by atoms with Crippen molar-refractivity contribution in [2.24, 2.45) is 57.2 Å². The Morgan fingerprint density at radius 1 is 1.02 bits per heavy atom. The molecule has 2 saturated heterocycles. The van der Waals surface area contributed by atoms with E-state index in [0.29, 0.717) is 35.5 Å². The molecule has 6 nitrogen and oxygen atoms in total. The van der Waals surface area contributed by atoms with E-state index in [2.05, 4.69) is 73.6 Å². The number of oxime groups is 1. The van der Waals surface area contributed by atoms with E-state index in [0.717, 1.165) is 44.2 Å². The van der Waals surface area contributed by atoms with Gasteiger partial charge in [0.1, 0.15) is 7.11 Å². The van der Waals surface area contributed by atoms with Crippen LogP contribution in [0.5, 0.6) is 0 Å². The fraction of sp³-hybridized carbons (Fsp3) is 0.971.